The van der Waals surface area contributed by atoms with Crippen LogP contribution in [0.2, 0.25) is 5.02 Å². The van der Waals surface area contributed by atoms with Crippen LogP contribution in [-0.4, -0.2) is 30.4 Å². The summed E-state index contributed by atoms with van der Waals surface area (Å²) in [5.41, 5.74) is 1.02. The van der Waals surface area contributed by atoms with E-state index in [1.54, 1.807) is 30.3 Å². The lowest BCUT2D eigenvalue weighted by Gasteiger charge is -2.19. The lowest BCUT2D eigenvalue weighted by molar-refractivity contribution is -0.149. The summed E-state index contributed by atoms with van der Waals surface area (Å²) >= 11 is 5.86. The number of nitrogens with one attached hydrogen (secondary N) is 2. The number of fused-ring (bicyclic) bond motifs is 1. The van der Waals surface area contributed by atoms with E-state index >= 15 is 0 Å². The molecule has 0 bridgehead atoms. The Balaban J connectivity index is 1.61. The van der Waals surface area contributed by atoms with Crippen molar-refractivity contribution in [3.63, 3.8) is 0 Å². The highest BCUT2D eigenvalue weighted by atomic mass is 35.5. The number of hydrogen-bond acceptors (Lipinski definition) is 4. The van der Waals surface area contributed by atoms with Crippen molar-refractivity contribution >= 4 is 45.8 Å². The van der Waals surface area contributed by atoms with E-state index in [0.717, 1.165) is 10.8 Å². The molecule has 0 aliphatic rings. The molecule has 7 heteroatoms. The molecule has 0 aliphatic carbocycles. The van der Waals surface area contributed by atoms with Gasteiger partial charge < -0.3 is 15.4 Å². The first kappa shape index (κ1) is 23.3. The second kappa shape index (κ2) is 10.8. The fourth-order valence-corrected chi connectivity index (χ4v) is 3.41. The second-order valence-electron chi connectivity index (χ2n) is 7.85. The van der Waals surface area contributed by atoms with E-state index in [-0.39, 0.29) is 5.92 Å². The van der Waals surface area contributed by atoms with E-state index in [1.165, 1.54) is 0 Å². The van der Waals surface area contributed by atoms with Crippen LogP contribution in [0.15, 0.2) is 66.7 Å². The fourth-order valence-electron chi connectivity index (χ4n) is 3.29. The van der Waals surface area contributed by atoms with E-state index in [4.69, 9.17) is 16.3 Å². The second-order valence-corrected chi connectivity index (χ2v) is 8.28. The van der Waals surface area contributed by atoms with Crippen LogP contribution in [0.3, 0.4) is 0 Å². The first-order valence-corrected chi connectivity index (χ1v) is 10.7. The standard InChI is InChI=1S/C25H25ClN2O4/c1-16(2)14-22(28-24(30)18-10-12-19(26)13-11-18)25(31)32-15-23(29)27-21-9-5-7-17-6-3-4-8-20(17)21/h3-13,16,22H,14-15H2,1-2H3,(H,27,29)(H,28,30). The molecule has 0 heterocycles. The molecule has 3 aromatic rings. The molecule has 2 N–H and O–H groups in total. The zero-order chi connectivity index (χ0) is 23.1. The minimum absolute atomic E-state index is 0.127. The van der Waals surface area contributed by atoms with Gasteiger partial charge in [0, 0.05) is 21.7 Å². The van der Waals surface area contributed by atoms with Crippen molar-refractivity contribution in [2.24, 2.45) is 5.92 Å². The van der Waals surface area contributed by atoms with Crippen LogP contribution in [0, 0.1) is 5.92 Å². The Labute approximate surface area is 191 Å². The Hall–Kier alpha value is -3.38. The van der Waals surface area contributed by atoms with Crippen molar-refractivity contribution in [2.45, 2.75) is 26.3 Å². The topological polar surface area (TPSA) is 84.5 Å². The van der Waals surface area contributed by atoms with Gasteiger partial charge >= 0.3 is 5.97 Å². The Bertz CT molecular complexity index is 1110. The number of ether oxygens (including phenoxy) is 1. The molecular weight excluding hydrogens is 428 g/mol. The van der Waals surface area contributed by atoms with E-state index in [0.29, 0.717) is 22.7 Å². The quantitative estimate of drug-likeness (QED) is 0.480. The molecule has 1 unspecified atom stereocenters. The van der Waals surface area contributed by atoms with Crippen LogP contribution in [0.1, 0.15) is 30.6 Å². The average molecular weight is 453 g/mol. The van der Waals surface area contributed by atoms with Crippen molar-refractivity contribution in [3.05, 3.63) is 77.3 Å². The minimum atomic E-state index is -0.872. The zero-order valence-electron chi connectivity index (χ0n) is 17.9. The third-order valence-electron chi connectivity index (χ3n) is 4.81. The van der Waals surface area contributed by atoms with E-state index in [2.05, 4.69) is 10.6 Å². The van der Waals surface area contributed by atoms with Crippen LogP contribution in [-0.2, 0) is 14.3 Å². The molecule has 0 aliphatic heterocycles. The normalized spacial score (nSPS) is 11.8. The molecule has 3 rings (SSSR count). The van der Waals surface area contributed by atoms with Crippen LogP contribution in [0.25, 0.3) is 10.8 Å². The maximum atomic E-state index is 12.6. The highest BCUT2D eigenvalue weighted by molar-refractivity contribution is 6.30. The third-order valence-corrected chi connectivity index (χ3v) is 5.06. The molecule has 166 valence electrons. The summed E-state index contributed by atoms with van der Waals surface area (Å²) < 4.78 is 5.22. The molecule has 6 nitrogen and oxygen atoms in total. The lowest BCUT2D eigenvalue weighted by atomic mass is 10.0. The number of carbonyl (C=O) groups excluding carboxylic acids is 3. The van der Waals surface area contributed by atoms with Crippen LogP contribution in [0.4, 0.5) is 5.69 Å². The molecule has 0 saturated heterocycles. The van der Waals surface area contributed by atoms with Gasteiger partial charge in [-0.2, -0.15) is 0 Å². The third kappa shape index (κ3) is 6.31. The molecule has 0 spiro atoms. The van der Waals surface area contributed by atoms with Gasteiger partial charge in [0.15, 0.2) is 6.61 Å². The number of carbonyl (C=O) groups is 3. The number of benzene rings is 3. The molecular formula is C25H25ClN2O4. The van der Waals surface area contributed by atoms with Gasteiger partial charge in [0.1, 0.15) is 6.04 Å². The summed E-state index contributed by atoms with van der Waals surface area (Å²) in [6.45, 7) is 3.41. The monoisotopic (exact) mass is 452 g/mol. The maximum absolute atomic E-state index is 12.6. The number of anilines is 1. The number of halogens is 1. The molecule has 0 saturated carbocycles. The molecule has 2 amide bonds. The first-order valence-electron chi connectivity index (χ1n) is 10.3. The summed E-state index contributed by atoms with van der Waals surface area (Å²) in [7, 11) is 0. The Morgan fingerprint density at radius 3 is 2.34 bits per heavy atom. The van der Waals surface area contributed by atoms with Gasteiger partial charge in [-0.1, -0.05) is 61.8 Å². The summed E-state index contributed by atoms with van der Waals surface area (Å²) in [4.78, 5) is 37.5. The fraction of sp³-hybridized carbons (Fsp3) is 0.240. The predicted molar refractivity (Wildman–Crippen MR) is 126 cm³/mol. The average Bonchev–Trinajstić information content (AvgIpc) is 2.77. The summed E-state index contributed by atoms with van der Waals surface area (Å²) in [5, 5.41) is 7.86. The van der Waals surface area contributed by atoms with Crippen molar-refractivity contribution in [2.75, 3.05) is 11.9 Å². The summed E-state index contributed by atoms with van der Waals surface area (Å²) in [5.74, 6) is -1.40. The Kier molecular flexibility index (Phi) is 7.84. The predicted octanol–water partition coefficient (Wildman–Crippen LogP) is 4.82. The van der Waals surface area contributed by atoms with Gasteiger partial charge in [-0.25, -0.2) is 4.79 Å². The summed E-state index contributed by atoms with van der Waals surface area (Å²) in [6, 6.07) is 18.7. The van der Waals surface area contributed by atoms with Gasteiger partial charge in [-0.15, -0.1) is 0 Å². The van der Waals surface area contributed by atoms with Crippen LogP contribution >= 0.6 is 11.6 Å². The van der Waals surface area contributed by atoms with E-state index in [9.17, 15) is 14.4 Å². The minimum Gasteiger partial charge on any atom is -0.454 e. The van der Waals surface area contributed by atoms with Gasteiger partial charge in [0.05, 0.1) is 0 Å². The number of rotatable bonds is 8. The van der Waals surface area contributed by atoms with Crippen molar-refractivity contribution < 1.29 is 19.1 Å². The Morgan fingerprint density at radius 2 is 1.62 bits per heavy atom. The molecule has 32 heavy (non-hydrogen) atoms. The molecule has 0 aromatic heterocycles. The lowest BCUT2D eigenvalue weighted by Crippen LogP contribution is -2.43. The molecule has 3 aromatic carbocycles. The number of esters is 1. The van der Waals surface area contributed by atoms with Crippen molar-refractivity contribution in [1.29, 1.82) is 0 Å². The smallest absolute Gasteiger partial charge is 0.329 e. The van der Waals surface area contributed by atoms with Crippen molar-refractivity contribution in [1.82, 2.24) is 5.32 Å². The van der Waals surface area contributed by atoms with E-state index < -0.39 is 30.4 Å². The highest BCUT2D eigenvalue weighted by Crippen LogP contribution is 2.22. The van der Waals surface area contributed by atoms with E-state index in [1.807, 2.05) is 50.2 Å². The number of hydrogen-bond donors (Lipinski definition) is 2. The van der Waals surface area contributed by atoms with Crippen LogP contribution in [0.5, 0.6) is 0 Å². The largest absolute Gasteiger partial charge is 0.454 e. The molecule has 0 fully saturated rings. The molecule has 1 atom stereocenters. The number of amides is 2. The van der Waals surface area contributed by atoms with Crippen LogP contribution < -0.4 is 10.6 Å². The van der Waals surface area contributed by atoms with Gasteiger partial charge in [0.25, 0.3) is 11.8 Å². The molecule has 0 radical (unpaired) electrons. The zero-order valence-corrected chi connectivity index (χ0v) is 18.7. The highest BCUT2D eigenvalue weighted by Gasteiger charge is 2.25. The van der Waals surface area contributed by atoms with Gasteiger partial charge in [0.2, 0.25) is 0 Å². The first-order chi connectivity index (χ1) is 15.3. The van der Waals surface area contributed by atoms with Gasteiger partial charge in [-0.05, 0) is 48.1 Å². The van der Waals surface area contributed by atoms with Crippen molar-refractivity contribution in [3.8, 4) is 0 Å². The Morgan fingerprint density at radius 1 is 0.938 bits per heavy atom. The maximum Gasteiger partial charge on any atom is 0.329 e. The SMILES string of the molecule is CC(C)CC(NC(=O)c1ccc(Cl)cc1)C(=O)OCC(=O)Nc1cccc2ccccc12. The van der Waals surface area contributed by atoms with Gasteiger partial charge in [-0.3, -0.25) is 9.59 Å². The summed E-state index contributed by atoms with van der Waals surface area (Å²) in [6.07, 6.45) is 0.378.